The smallest absolute Gasteiger partial charge is 0.275 e. The van der Waals surface area contributed by atoms with E-state index in [1.165, 1.54) is 7.11 Å². The molecule has 0 saturated carbocycles. The average Bonchev–Trinajstić information content (AvgIpc) is 2.55. The topological polar surface area (TPSA) is 59.9 Å². The summed E-state index contributed by atoms with van der Waals surface area (Å²) in [5.41, 5.74) is 4.80. The number of rotatable bonds is 5. The first kappa shape index (κ1) is 15.6. The molecule has 2 aromatic rings. The van der Waals surface area contributed by atoms with E-state index in [1.54, 1.807) is 37.6 Å². The minimum atomic E-state index is -0.320. The molecule has 0 radical (unpaired) electrons. The van der Waals surface area contributed by atoms with E-state index in [0.717, 1.165) is 16.9 Å². The van der Waals surface area contributed by atoms with Gasteiger partial charge in [-0.05, 0) is 48.4 Å². The monoisotopic (exact) mass is 298 g/mol. The van der Waals surface area contributed by atoms with Gasteiger partial charge >= 0.3 is 0 Å². The summed E-state index contributed by atoms with van der Waals surface area (Å²) in [6, 6.07) is 12.6. The Bertz CT molecular complexity index is 696. The van der Waals surface area contributed by atoms with E-state index in [0.29, 0.717) is 11.3 Å². The van der Waals surface area contributed by atoms with Crippen molar-refractivity contribution in [2.24, 2.45) is 5.10 Å². The van der Waals surface area contributed by atoms with Crippen LogP contribution in [0.1, 0.15) is 21.5 Å². The molecule has 2 aromatic carbocycles. The molecule has 5 nitrogen and oxygen atoms in total. The number of para-hydroxylation sites is 1. The molecule has 0 heterocycles. The molecule has 0 unspecified atom stereocenters. The van der Waals surface area contributed by atoms with Crippen molar-refractivity contribution in [2.45, 2.75) is 6.92 Å². The maximum Gasteiger partial charge on any atom is 0.275 e. The zero-order valence-corrected chi connectivity index (χ0v) is 12.8. The summed E-state index contributed by atoms with van der Waals surface area (Å²) >= 11 is 0. The van der Waals surface area contributed by atoms with E-state index < -0.39 is 0 Å². The number of hydrogen-bond acceptors (Lipinski definition) is 4. The fraction of sp³-hybridized carbons (Fsp3) is 0.176. The van der Waals surface area contributed by atoms with Crippen molar-refractivity contribution in [1.29, 1.82) is 0 Å². The molecular formula is C17H18N2O3. The molecule has 0 atom stereocenters. The number of nitrogens with zero attached hydrogens (tertiary/aromatic N) is 1. The van der Waals surface area contributed by atoms with E-state index >= 15 is 0 Å². The summed E-state index contributed by atoms with van der Waals surface area (Å²) in [5.74, 6) is 1.00. The molecule has 1 N–H and O–H groups in total. The number of benzene rings is 2. The van der Waals surface area contributed by atoms with E-state index in [4.69, 9.17) is 9.47 Å². The Balaban J connectivity index is 2.06. The normalized spacial score (nSPS) is 10.5. The van der Waals surface area contributed by atoms with Crippen molar-refractivity contribution >= 4 is 12.1 Å². The van der Waals surface area contributed by atoms with Crippen molar-refractivity contribution in [3.63, 3.8) is 0 Å². The summed E-state index contributed by atoms with van der Waals surface area (Å²) in [6.07, 6.45) is 1.58. The van der Waals surface area contributed by atoms with Gasteiger partial charge in [-0.3, -0.25) is 4.79 Å². The maximum absolute atomic E-state index is 12.1. The fourth-order valence-corrected chi connectivity index (χ4v) is 2.04. The van der Waals surface area contributed by atoms with Gasteiger partial charge < -0.3 is 9.47 Å². The first-order valence-corrected chi connectivity index (χ1v) is 6.76. The van der Waals surface area contributed by atoms with Crippen LogP contribution < -0.4 is 14.9 Å². The second kappa shape index (κ2) is 7.26. The summed E-state index contributed by atoms with van der Waals surface area (Å²) in [5, 5.41) is 3.97. The number of amides is 1. The highest BCUT2D eigenvalue weighted by molar-refractivity contribution is 5.97. The van der Waals surface area contributed by atoms with Crippen molar-refractivity contribution in [2.75, 3.05) is 14.2 Å². The Hall–Kier alpha value is -2.82. The summed E-state index contributed by atoms with van der Waals surface area (Å²) in [7, 11) is 3.15. The molecule has 0 aliphatic carbocycles. The van der Waals surface area contributed by atoms with Gasteiger partial charge in [-0.2, -0.15) is 5.10 Å². The van der Waals surface area contributed by atoms with Gasteiger partial charge in [0.2, 0.25) is 0 Å². The Morgan fingerprint density at radius 1 is 1.09 bits per heavy atom. The SMILES string of the molecule is COc1ccc(/C=N/NC(=O)c2ccccc2OC)cc1C. The zero-order chi connectivity index (χ0) is 15.9. The summed E-state index contributed by atoms with van der Waals surface area (Å²) in [4.78, 5) is 12.1. The second-order valence-corrected chi connectivity index (χ2v) is 4.63. The quantitative estimate of drug-likeness (QED) is 0.682. The lowest BCUT2D eigenvalue weighted by molar-refractivity contribution is 0.0952. The van der Waals surface area contributed by atoms with Gasteiger partial charge in [0.25, 0.3) is 5.91 Å². The number of hydrazone groups is 1. The first-order chi connectivity index (χ1) is 10.7. The van der Waals surface area contributed by atoms with Crippen LogP contribution in [-0.2, 0) is 0 Å². The van der Waals surface area contributed by atoms with Crippen molar-refractivity contribution in [3.8, 4) is 11.5 Å². The Morgan fingerprint density at radius 2 is 1.82 bits per heavy atom. The molecule has 5 heteroatoms. The number of carbonyl (C=O) groups is 1. The van der Waals surface area contributed by atoms with Crippen LogP contribution in [0.15, 0.2) is 47.6 Å². The lowest BCUT2D eigenvalue weighted by Gasteiger charge is -2.06. The Morgan fingerprint density at radius 3 is 2.50 bits per heavy atom. The maximum atomic E-state index is 12.1. The summed E-state index contributed by atoms with van der Waals surface area (Å²) < 4.78 is 10.3. The lowest BCUT2D eigenvalue weighted by atomic mass is 10.1. The van der Waals surface area contributed by atoms with Gasteiger partial charge in [-0.15, -0.1) is 0 Å². The number of aryl methyl sites for hydroxylation is 1. The van der Waals surface area contributed by atoms with Crippen molar-refractivity contribution in [1.82, 2.24) is 5.43 Å². The van der Waals surface area contributed by atoms with Crippen LogP contribution in [0.5, 0.6) is 11.5 Å². The zero-order valence-electron chi connectivity index (χ0n) is 12.8. The van der Waals surface area contributed by atoms with Crippen LogP contribution in [0.2, 0.25) is 0 Å². The first-order valence-electron chi connectivity index (χ1n) is 6.76. The fourth-order valence-electron chi connectivity index (χ4n) is 2.04. The molecule has 1 amide bonds. The number of methoxy groups -OCH3 is 2. The molecular weight excluding hydrogens is 280 g/mol. The lowest BCUT2D eigenvalue weighted by Crippen LogP contribution is -2.18. The standard InChI is InChI=1S/C17H18N2O3/c1-12-10-13(8-9-15(12)21-2)11-18-19-17(20)14-6-4-5-7-16(14)22-3/h4-11H,1-3H3,(H,19,20)/b18-11+. The predicted octanol–water partition coefficient (Wildman–Crippen LogP) is 2.78. The molecule has 0 bridgehead atoms. The highest BCUT2D eigenvalue weighted by Gasteiger charge is 2.09. The van der Waals surface area contributed by atoms with Gasteiger partial charge in [0.05, 0.1) is 26.0 Å². The van der Waals surface area contributed by atoms with E-state index in [1.807, 2.05) is 25.1 Å². The van der Waals surface area contributed by atoms with E-state index in [9.17, 15) is 4.79 Å². The molecule has 22 heavy (non-hydrogen) atoms. The predicted molar refractivity (Wildman–Crippen MR) is 85.8 cm³/mol. The van der Waals surface area contributed by atoms with Crippen LogP contribution in [0.25, 0.3) is 0 Å². The number of hydrogen-bond donors (Lipinski definition) is 1. The molecule has 0 saturated heterocycles. The van der Waals surface area contributed by atoms with E-state index in [-0.39, 0.29) is 5.91 Å². The second-order valence-electron chi connectivity index (χ2n) is 4.63. The number of ether oxygens (including phenoxy) is 2. The molecule has 0 spiro atoms. The average molecular weight is 298 g/mol. The minimum Gasteiger partial charge on any atom is -0.496 e. The van der Waals surface area contributed by atoms with Gasteiger partial charge in [-0.25, -0.2) is 5.43 Å². The van der Waals surface area contributed by atoms with Crippen LogP contribution in [-0.4, -0.2) is 26.3 Å². The van der Waals surface area contributed by atoms with Gasteiger partial charge in [0.1, 0.15) is 11.5 Å². The molecule has 2 rings (SSSR count). The molecule has 0 fully saturated rings. The third-order valence-corrected chi connectivity index (χ3v) is 3.15. The van der Waals surface area contributed by atoms with E-state index in [2.05, 4.69) is 10.5 Å². The van der Waals surface area contributed by atoms with Crippen molar-refractivity contribution in [3.05, 3.63) is 59.2 Å². The van der Waals surface area contributed by atoms with Crippen LogP contribution >= 0.6 is 0 Å². The molecule has 114 valence electrons. The Kier molecular flexibility index (Phi) is 5.14. The molecule has 0 aromatic heterocycles. The van der Waals surface area contributed by atoms with Gasteiger partial charge in [-0.1, -0.05) is 12.1 Å². The van der Waals surface area contributed by atoms with Crippen LogP contribution in [0.3, 0.4) is 0 Å². The van der Waals surface area contributed by atoms with Gasteiger partial charge in [0.15, 0.2) is 0 Å². The largest absolute Gasteiger partial charge is 0.496 e. The number of carbonyl (C=O) groups excluding carboxylic acids is 1. The minimum absolute atomic E-state index is 0.320. The molecule has 0 aliphatic heterocycles. The number of nitrogens with one attached hydrogen (secondary N) is 1. The van der Waals surface area contributed by atoms with Crippen LogP contribution in [0.4, 0.5) is 0 Å². The highest BCUT2D eigenvalue weighted by atomic mass is 16.5. The summed E-state index contributed by atoms with van der Waals surface area (Å²) in [6.45, 7) is 1.95. The van der Waals surface area contributed by atoms with Crippen molar-refractivity contribution < 1.29 is 14.3 Å². The third-order valence-electron chi connectivity index (χ3n) is 3.15. The van der Waals surface area contributed by atoms with Gasteiger partial charge in [0, 0.05) is 0 Å². The highest BCUT2D eigenvalue weighted by Crippen LogP contribution is 2.18. The van der Waals surface area contributed by atoms with Crippen LogP contribution in [0, 0.1) is 6.92 Å². The molecule has 0 aliphatic rings. The third kappa shape index (κ3) is 3.63. The Labute approximate surface area is 129 Å².